The Balaban J connectivity index is 1.02. The van der Waals surface area contributed by atoms with E-state index in [1.807, 2.05) is 72.8 Å². The van der Waals surface area contributed by atoms with Crippen molar-refractivity contribution in [2.75, 3.05) is 0 Å². The Labute approximate surface area is 291 Å². The Bertz CT molecular complexity index is 2630. The SMILES string of the molecule is O=P(c1ccccc1)(c1ccccc1)c1ccc(-c2ccc(-c3ccc(-c4nc5ccccc5c5c4ccc4ccccc45)cc3)cc2)cc1. The lowest BCUT2D eigenvalue weighted by Crippen LogP contribution is -2.24. The van der Waals surface area contributed by atoms with Crippen LogP contribution in [-0.4, -0.2) is 4.98 Å². The number of hydrogen-bond donors (Lipinski definition) is 0. The van der Waals surface area contributed by atoms with Crippen LogP contribution < -0.4 is 15.9 Å². The van der Waals surface area contributed by atoms with Gasteiger partial charge in [0.15, 0.2) is 7.14 Å². The Hall–Kier alpha value is -6.08. The van der Waals surface area contributed by atoms with Crippen LogP contribution in [0.5, 0.6) is 0 Å². The molecule has 0 bridgehead atoms. The highest BCUT2D eigenvalue weighted by atomic mass is 31.2. The number of para-hydroxylation sites is 1. The van der Waals surface area contributed by atoms with Crippen LogP contribution in [0.4, 0.5) is 0 Å². The zero-order valence-electron chi connectivity index (χ0n) is 27.3. The highest BCUT2D eigenvalue weighted by molar-refractivity contribution is 7.85. The molecule has 50 heavy (non-hydrogen) atoms. The maximum Gasteiger partial charge on any atom is 0.171 e. The van der Waals surface area contributed by atoms with Crippen molar-refractivity contribution in [3.05, 3.63) is 194 Å². The summed E-state index contributed by atoms with van der Waals surface area (Å²) in [6.45, 7) is 0. The summed E-state index contributed by atoms with van der Waals surface area (Å²) in [6.07, 6.45) is 0. The van der Waals surface area contributed by atoms with E-state index in [-0.39, 0.29) is 0 Å². The zero-order chi connectivity index (χ0) is 33.5. The minimum atomic E-state index is -3.00. The summed E-state index contributed by atoms with van der Waals surface area (Å²) in [5, 5.41) is 8.58. The van der Waals surface area contributed by atoms with Crippen LogP contribution in [0, 0.1) is 0 Å². The fourth-order valence-corrected chi connectivity index (χ4v) is 9.85. The van der Waals surface area contributed by atoms with Crippen LogP contribution in [-0.2, 0) is 4.57 Å². The van der Waals surface area contributed by atoms with Crippen molar-refractivity contribution in [1.29, 1.82) is 0 Å². The molecule has 0 atom stereocenters. The maximum absolute atomic E-state index is 14.8. The largest absolute Gasteiger partial charge is 0.309 e. The second kappa shape index (κ2) is 12.4. The molecule has 9 aromatic rings. The van der Waals surface area contributed by atoms with Gasteiger partial charge >= 0.3 is 0 Å². The molecule has 0 aliphatic heterocycles. The molecule has 0 N–H and O–H groups in total. The quantitative estimate of drug-likeness (QED) is 0.132. The lowest BCUT2D eigenvalue weighted by molar-refractivity contribution is 0.592. The van der Waals surface area contributed by atoms with Gasteiger partial charge in [-0.05, 0) is 39.1 Å². The average Bonchev–Trinajstić information content (AvgIpc) is 3.21. The number of nitrogens with zero attached hydrogens (tertiary/aromatic N) is 1. The molecule has 236 valence electrons. The number of benzene rings is 8. The number of fused-ring (bicyclic) bond motifs is 5. The molecule has 0 saturated carbocycles. The molecule has 2 nitrogen and oxygen atoms in total. The van der Waals surface area contributed by atoms with Crippen molar-refractivity contribution in [2.45, 2.75) is 0 Å². The fraction of sp³-hybridized carbons (Fsp3) is 0. The molecule has 0 saturated heterocycles. The average molecular weight is 658 g/mol. The molecule has 8 aromatic carbocycles. The highest BCUT2D eigenvalue weighted by Crippen LogP contribution is 2.43. The molecule has 0 radical (unpaired) electrons. The first-order valence-electron chi connectivity index (χ1n) is 16.9. The number of aromatic nitrogens is 1. The van der Waals surface area contributed by atoms with Crippen LogP contribution in [0.1, 0.15) is 0 Å². The van der Waals surface area contributed by atoms with E-state index in [0.29, 0.717) is 0 Å². The van der Waals surface area contributed by atoms with E-state index < -0.39 is 7.14 Å². The van der Waals surface area contributed by atoms with E-state index in [1.54, 1.807) is 0 Å². The molecule has 0 aliphatic carbocycles. The summed E-state index contributed by atoms with van der Waals surface area (Å²) in [6, 6.07) is 66.7. The van der Waals surface area contributed by atoms with Crippen LogP contribution in [0.3, 0.4) is 0 Å². The third-order valence-electron chi connectivity index (χ3n) is 9.77. The van der Waals surface area contributed by atoms with Gasteiger partial charge in [-0.2, -0.15) is 0 Å². The molecule has 1 heterocycles. The Kier molecular flexibility index (Phi) is 7.46. The van der Waals surface area contributed by atoms with Crippen molar-refractivity contribution in [3.8, 4) is 33.5 Å². The van der Waals surface area contributed by atoms with Crippen molar-refractivity contribution < 1.29 is 4.57 Å². The van der Waals surface area contributed by atoms with Gasteiger partial charge in [0, 0.05) is 37.6 Å². The van der Waals surface area contributed by atoms with Crippen LogP contribution in [0.2, 0.25) is 0 Å². The predicted octanol–water partition coefficient (Wildman–Crippen LogP) is 11.2. The Morgan fingerprint density at radius 2 is 0.780 bits per heavy atom. The van der Waals surface area contributed by atoms with E-state index in [0.717, 1.165) is 60.3 Å². The van der Waals surface area contributed by atoms with Crippen molar-refractivity contribution in [2.24, 2.45) is 0 Å². The Morgan fingerprint density at radius 3 is 1.36 bits per heavy atom. The standard InChI is InChI=1S/C47H32NOP/c49-50(39-12-3-1-4-13-39,40-14-5-2-6-15-40)41-30-27-36(28-31-41)34-21-19-33(20-22-34)35-23-25-38(26-24-35)47-44-32-29-37-11-7-8-16-42(37)46(44)43-17-9-10-18-45(43)48-47/h1-32H. The molecular formula is C47H32NOP. The van der Waals surface area contributed by atoms with Gasteiger partial charge in [-0.1, -0.05) is 188 Å². The van der Waals surface area contributed by atoms with Gasteiger partial charge in [-0.3, -0.25) is 0 Å². The smallest absolute Gasteiger partial charge is 0.171 e. The summed E-state index contributed by atoms with van der Waals surface area (Å²) < 4.78 is 14.8. The van der Waals surface area contributed by atoms with Gasteiger partial charge in [0.2, 0.25) is 0 Å². The van der Waals surface area contributed by atoms with Gasteiger partial charge < -0.3 is 4.57 Å². The monoisotopic (exact) mass is 657 g/mol. The number of pyridine rings is 1. The summed E-state index contributed by atoms with van der Waals surface area (Å²) in [4.78, 5) is 5.17. The van der Waals surface area contributed by atoms with Gasteiger partial charge in [-0.15, -0.1) is 0 Å². The van der Waals surface area contributed by atoms with Crippen molar-refractivity contribution in [3.63, 3.8) is 0 Å². The second-order valence-corrected chi connectivity index (χ2v) is 15.4. The van der Waals surface area contributed by atoms with E-state index >= 15 is 0 Å². The molecule has 0 spiro atoms. The lowest BCUT2D eigenvalue weighted by Gasteiger charge is -2.20. The molecule has 0 fully saturated rings. The van der Waals surface area contributed by atoms with E-state index in [9.17, 15) is 4.57 Å². The number of rotatable bonds is 6. The summed E-state index contributed by atoms with van der Waals surface area (Å²) in [5.41, 5.74) is 7.60. The zero-order valence-corrected chi connectivity index (χ0v) is 28.2. The minimum absolute atomic E-state index is 0.831. The predicted molar refractivity (Wildman–Crippen MR) is 212 cm³/mol. The lowest BCUT2D eigenvalue weighted by atomic mass is 9.94. The molecule has 1 aromatic heterocycles. The highest BCUT2D eigenvalue weighted by Gasteiger charge is 2.29. The summed E-state index contributed by atoms with van der Waals surface area (Å²) >= 11 is 0. The maximum atomic E-state index is 14.8. The normalized spacial score (nSPS) is 11.7. The fourth-order valence-electron chi connectivity index (χ4n) is 7.20. The van der Waals surface area contributed by atoms with Gasteiger partial charge in [0.05, 0.1) is 11.2 Å². The van der Waals surface area contributed by atoms with Gasteiger partial charge in [-0.25, -0.2) is 4.98 Å². The molecule has 3 heteroatoms. The Morgan fingerprint density at radius 1 is 0.340 bits per heavy atom. The second-order valence-electron chi connectivity index (χ2n) is 12.7. The molecular weight excluding hydrogens is 625 g/mol. The summed E-state index contributed by atoms with van der Waals surface area (Å²) in [7, 11) is -3.00. The topological polar surface area (TPSA) is 30.0 Å². The first kappa shape index (κ1) is 30.0. The van der Waals surface area contributed by atoms with Crippen LogP contribution in [0.15, 0.2) is 194 Å². The minimum Gasteiger partial charge on any atom is -0.309 e. The van der Waals surface area contributed by atoms with E-state index in [1.165, 1.54) is 21.5 Å². The van der Waals surface area contributed by atoms with Crippen LogP contribution >= 0.6 is 7.14 Å². The van der Waals surface area contributed by atoms with Crippen molar-refractivity contribution >= 4 is 55.5 Å². The summed E-state index contributed by atoms with van der Waals surface area (Å²) in [5.74, 6) is 0. The van der Waals surface area contributed by atoms with E-state index in [4.69, 9.17) is 4.98 Å². The molecule has 0 amide bonds. The third-order valence-corrected chi connectivity index (χ3v) is 12.8. The first-order valence-corrected chi connectivity index (χ1v) is 18.6. The van der Waals surface area contributed by atoms with Gasteiger partial charge in [0.25, 0.3) is 0 Å². The van der Waals surface area contributed by atoms with Gasteiger partial charge in [0.1, 0.15) is 0 Å². The van der Waals surface area contributed by atoms with Crippen LogP contribution in [0.25, 0.3) is 66.0 Å². The molecule has 0 unspecified atom stereocenters. The van der Waals surface area contributed by atoms with Crippen molar-refractivity contribution in [1.82, 2.24) is 4.98 Å². The number of hydrogen-bond acceptors (Lipinski definition) is 2. The molecule has 9 rings (SSSR count). The molecule has 0 aliphatic rings. The van der Waals surface area contributed by atoms with E-state index in [2.05, 4.69) is 121 Å². The first-order chi connectivity index (χ1) is 24.7. The third kappa shape index (κ3) is 5.13.